The maximum absolute atomic E-state index is 12.5. The monoisotopic (exact) mass is 348 g/mol. The fraction of sp³-hybridized carbons (Fsp3) is 0.353. The molecule has 2 heterocycles. The fourth-order valence-corrected chi connectivity index (χ4v) is 4.29. The summed E-state index contributed by atoms with van der Waals surface area (Å²) in [7, 11) is -1.77. The molecule has 1 aliphatic heterocycles. The SMILES string of the molecule is CN(Cc1ccco1)C(=O)c1ccc(S(=O)(=O)N2CCCC2)cc1. The smallest absolute Gasteiger partial charge is 0.254 e. The van der Waals surface area contributed by atoms with Gasteiger partial charge in [0.05, 0.1) is 17.7 Å². The Morgan fingerprint density at radius 2 is 1.83 bits per heavy atom. The van der Waals surface area contributed by atoms with Crippen LogP contribution in [0.15, 0.2) is 52.0 Å². The van der Waals surface area contributed by atoms with Crippen molar-refractivity contribution < 1.29 is 17.6 Å². The van der Waals surface area contributed by atoms with Gasteiger partial charge >= 0.3 is 0 Å². The quantitative estimate of drug-likeness (QED) is 0.831. The second-order valence-electron chi connectivity index (χ2n) is 5.88. The average Bonchev–Trinajstić information content (AvgIpc) is 3.28. The lowest BCUT2D eigenvalue weighted by molar-refractivity contribution is 0.0775. The summed E-state index contributed by atoms with van der Waals surface area (Å²) < 4.78 is 31.7. The maximum Gasteiger partial charge on any atom is 0.254 e. The Balaban J connectivity index is 1.73. The average molecular weight is 348 g/mol. The molecule has 0 aliphatic carbocycles. The van der Waals surface area contributed by atoms with E-state index in [1.165, 1.54) is 21.3 Å². The van der Waals surface area contributed by atoms with Crippen LogP contribution in [0.3, 0.4) is 0 Å². The van der Waals surface area contributed by atoms with Gasteiger partial charge in [0.15, 0.2) is 0 Å². The van der Waals surface area contributed by atoms with Crippen LogP contribution in [0.4, 0.5) is 0 Å². The number of nitrogens with zero attached hydrogens (tertiary/aromatic N) is 2. The Morgan fingerprint density at radius 1 is 1.17 bits per heavy atom. The van der Waals surface area contributed by atoms with Crippen molar-refractivity contribution >= 4 is 15.9 Å². The molecule has 1 aromatic heterocycles. The molecule has 3 rings (SSSR count). The Bertz CT molecular complexity index is 792. The van der Waals surface area contributed by atoms with Gasteiger partial charge in [0.2, 0.25) is 10.0 Å². The Labute approximate surface area is 141 Å². The van der Waals surface area contributed by atoms with Crippen LogP contribution in [0, 0.1) is 0 Å². The maximum atomic E-state index is 12.5. The van der Waals surface area contributed by atoms with Crippen molar-refractivity contribution in [2.75, 3.05) is 20.1 Å². The highest BCUT2D eigenvalue weighted by Gasteiger charge is 2.27. The number of benzene rings is 1. The first kappa shape index (κ1) is 16.7. The van der Waals surface area contributed by atoms with Crippen molar-refractivity contribution in [1.82, 2.24) is 9.21 Å². The third-order valence-electron chi connectivity index (χ3n) is 4.12. The van der Waals surface area contributed by atoms with Crippen molar-refractivity contribution in [3.63, 3.8) is 0 Å². The second-order valence-corrected chi connectivity index (χ2v) is 7.81. The molecule has 0 spiro atoms. The minimum atomic E-state index is -3.45. The van der Waals surface area contributed by atoms with Gasteiger partial charge in [0.25, 0.3) is 5.91 Å². The molecule has 0 saturated carbocycles. The lowest BCUT2D eigenvalue weighted by atomic mass is 10.2. The zero-order chi connectivity index (χ0) is 17.2. The van der Waals surface area contributed by atoms with E-state index >= 15 is 0 Å². The van der Waals surface area contributed by atoms with Crippen molar-refractivity contribution in [1.29, 1.82) is 0 Å². The Morgan fingerprint density at radius 3 is 2.42 bits per heavy atom. The van der Waals surface area contributed by atoms with Crippen LogP contribution >= 0.6 is 0 Å². The summed E-state index contributed by atoms with van der Waals surface area (Å²) in [5.74, 6) is 0.510. The topological polar surface area (TPSA) is 70.8 Å². The van der Waals surface area contributed by atoms with Gasteiger partial charge in [-0.3, -0.25) is 4.79 Å². The molecule has 1 aromatic carbocycles. The third-order valence-corrected chi connectivity index (χ3v) is 6.04. The highest BCUT2D eigenvalue weighted by Crippen LogP contribution is 2.21. The number of sulfonamides is 1. The number of amides is 1. The molecule has 24 heavy (non-hydrogen) atoms. The molecule has 1 amide bonds. The minimum absolute atomic E-state index is 0.184. The van der Waals surface area contributed by atoms with Crippen molar-refractivity contribution in [2.45, 2.75) is 24.3 Å². The van der Waals surface area contributed by atoms with Gasteiger partial charge in [-0.15, -0.1) is 0 Å². The first-order chi connectivity index (χ1) is 11.5. The van der Waals surface area contributed by atoms with E-state index in [9.17, 15) is 13.2 Å². The summed E-state index contributed by atoms with van der Waals surface area (Å²) >= 11 is 0. The molecule has 6 nitrogen and oxygen atoms in total. The number of rotatable bonds is 5. The van der Waals surface area contributed by atoms with Crippen LogP contribution in [-0.2, 0) is 16.6 Å². The van der Waals surface area contributed by atoms with Crippen LogP contribution in [0.25, 0.3) is 0 Å². The van der Waals surface area contributed by atoms with Crippen LogP contribution in [-0.4, -0.2) is 43.7 Å². The van der Waals surface area contributed by atoms with E-state index in [-0.39, 0.29) is 10.8 Å². The summed E-state index contributed by atoms with van der Waals surface area (Å²) in [5, 5.41) is 0. The first-order valence-electron chi connectivity index (χ1n) is 7.86. The number of furan rings is 1. The lowest BCUT2D eigenvalue weighted by Crippen LogP contribution is -2.28. The zero-order valence-corrected chi connectivity index (χ0v) is 14.3. The second kappa shape index (κ2) is 6.78. The summed E-state index contributed by atoms with van der Waals surface area (Å²) in [6.45, 7) is 1.49. The summed E-state index contributed by atoms with van der Waals surface area (Å²) in [5.41, 5.74) is 0.449. The zero-order valence-electron chi connectivity index (χ0n) is 13.5. The number of hydrogen-bond acceptors (Lipinski definition) is 4. The van der Waals surface area contributed by atoms with Crippen molar-refractivity contribution in [2.24, 2.45) is 0 Å². The van der Waals surface area contributed by atoms with Crippen LogP contribution in [0.5, 0.6) is 0 Å². The largest absolute Gasteiger partial charge is 0.467 e. The van der Waals surface area contributed by atoms with E-state index in [2.05, 4.69) is 0 Å². The van der Waals surface area contributed by atoms with Crippen molar-refractivity contribution in [3.8, 4) is 0 Å². The van der Waals surface area contributed by atoms with E-state index < -0.39 is 10.0 Å². The van der Waals surface area contributed by atoms with E-state index in [0.717, 1.165) is 12.8 Å². The van der Waals surface area contributed by atoms with E-state index in [1.807, 2.05) is 0 Å². The number of hydrogen-bond donors (Lipinski definition) is 0. The van der Waals surface area contributed by atoms with Crippen LogP contribution in [0.2, 0.25) is 0 Å². The minimum Gasteiger partial charge on any atom is -0.467 e. The predicted molar refractivity (Wildman–Crippen MR) is 88.9 cm³/mol. The van der Waals surface area contributed by atoms with Gasteiger partial charge in [-0.25, -0.2) is 8.42 Å². The molecule has 0 bridgehead atoms. The Kier molecular flexibility index (Phi) is 4.73. The molecule has 128 valence electrons. The molecular weight excluding hydrogens is 328 g/mol. The number of carbonyl (C=O) groups excluding carboxylic acids is 1. The van der Waals surface area contributed by atoms with Crippen molar-refractivity contribution in [3.05, 3.63) is 54.0 Å². The molecule has 0 atom stereocenters. The van der Waals surface area contributed by atoms with Gasteiger partial charge in [-0.05, 0) is 49.2 Å². The van der Waals surface area contributed by atoms with Gasteiger partial charge in [0, 0.05) is 25.7 Å². The summed E-state index contributed by atoms with van der Waals surface area (Å²) in [6.07, 6.45) is 3.35. The molecular formula is C17H20N2O4S. The highest BCUT2D eigenvalue weighted by molar-refractivity contribution is 7.89. The van der Waals surface area contributed by atoms with E-state index in [4.69, 9.17) is 4.42 Å². The van der Waals surface area contributed by atoms with Gasteiger partial charge in [-0.2, -0.15) is 4.31 Å². The molecule has 0 radical (unpaired) electrons. The van der Waals surface area contributed by atoms with E-state index in [0.29, 0.717) is 31.0 Å². The number of carbonyl (C=O) groups is 1. The molecule has 1 saturated heterocycles. The van der Waals surface area contributed by atoms with Crippen LogP contribution in [0.1, 0.15) is 29.0 Å². The van der Waals surface area contributed by atoms with Gasteiger partial charge < -0.3 is 9.32 Å². The highest BCUT2D eigenvalue weighted by atomic mass is 32.2. The first-order valence-corrected chi connectivity index (χ1v) is 9.30. The normalized spacial score (nSPS) is 15.5. The summed E-state index contributed by atoms with van der Waals surface area (Å²) in [4.78, 5) is 14.2. The lowest BCUT2D eigenvalue weighted by Gasteiger charge is -2.17. The van der Waals surface area contributed by atoms with Crippen LogP contribution < -0.4 is 0 Å². The van der Waals surface area contributed by atoms with E-state index in [1.54, 1.807) is 37.6 Å². The molecule has 2 aromatic rings. The van der Waals surface area contributed by atoms with Gasteiger partial charge in [-0.1, -0.05) is 0 Å². The Hall–Kier alpha value is -2.12. The third kappa shape index (κ3) is 3.37. The fourth-order valence-electron chi connectivity index (χ4n) is 2.78. The molecule has 7 heteroatoms. The molecule has 1 fully saturated rings. The predicted octanol–water partition coefficient (Wildman–Crippen LogP) is 2.34. The standard InChI is InChI=1S/C17H20N2O4S/c1-18(13-15-5-4-12-23-15)17(20)14-6-8-16(9-7-14)24(21,22)19-10-2-3-11-19/h4-9,12H,2-3,10-11,13H2,1H3. The molecule has 1 aliphatic rings. The van der Waals surface area contributed by atoms with Gasteiger partial charge in [0.1, 0.15) is 5.76 Å². The molecule has 0 N–H and O–H groups in total. The molecule has 0 unspecified atom stereocenters. The summed E-state index contributed by atoms with van der Waals surface area (Å²) in [6, 6.07) is 9.69.